The molecule has 3 nitrogen and oxygen atoms in total. The number of hydrogen-bond donors (Lipinski definition) is 0. The normalized spacial score (nSPS) is 10.5. The summed E-state index contributed by atoms with van der Waals surface area (Å²) in [5, 5.41) is 0. The van der Waals surface area contributed by atoms with Crippen LogP contribution in [0.25, 0.3) is 6.08 Å². The number of hydrogen-bond acceptors (Lipinski definition) is 3. The van der Waals surface area contributed by atoms with Gasteiger partial charge in [-0.15, -0.1) is 0 Å². The Bertz CT molecular complexity index is 640. The molecule has 0 unspecified atom stereocenters. The molecule has 0 radical (unpaired) electrons. The van der Waals surface area contributed by atoms with E-state index in [1.807, 2.05) is 30.3 Å². The third-order valence-electron chi connectivity index (χ3n) is 2.91. The van der Waals surface area contributed by atoms with Crippen LogP contribution in [0.2, 0.25) is 0 Å². The first kappa shape index (κ1) is 14.7. The highest BCUT2D eigenvalue weighted by Crippen LogP contribution is 2.09. The van der Waals surface area contributed by atoms with Gasteiger partial charge in [0.1, 0.15) is 0 Å². The molecule has 0 heterocycles. The van der Waals surface area contributed by atoms with E-state index in [2.05, 4.69) is 0 Å². The minimum atomic E-state index is -0.378. The Kier molecular flexibility index (Phi) is 5.04. The van der Waals surface area contributed by atoms with Crippen molar-refractivity contribution < 1.29 is 14.3 Å². The van der Waals surface area contributed by atoms with E-state index in [0.29, 0.717) is 17.7 Å². The van der Waals surface area contributed by atoms with E-state index in [4.69, 9.17) is 4.74 Å². The maximum absolute atomic E-state index is 12.0. The molecule has 0 saturated heterocycles. The molecule has 0 spiro atoms. The molecule has 2 aromatic rings. The first-order valence-corrected chi connectivity index (χ1v) is 6.75. The average Bonchev–Trinajstić information content (AvgIpc) is 2.54. The van der Waals surface area contributed by atoms with E-state index in [9.17, 15) is 9.59 Å². The molecule has 2 aromatic carbocycles. The summed E-state index contributed by atoms with van der Waals surface area (Å²) in [5.74, 6) is -0.481. The van der Waals surface area contributed by atoms with Gasteiger partial charge in [0.05, 0.1) is 12.2 Å². The van der Waals surface area contributed by atoms with Gasteiger partial charge in [-0.1, -0.05) is 48.5 Å². The summed E-state index contributed by atoms with van der Waals surface area (Å²) in [5.41, 5.74) is 1.95. The lowest BCUT2D eigenvalue weighted by atomic mass is 10.1. The summed E-state index contributed by atoms with van der Waals surface area (Å²) >= 11 is 0. The number of benzene rings is 2. The number of carbonyl (C=O) groups excluding carboxylic acids is 2. The first-order valence-electron chi connectivity index (χ1n) is 6.75. The van der Waals surface area contributed by atoms with Gasteiger partial charge in [-0.05, 0) is 30.7 Å². The maximum Gasteiger partial charge on any atom is 0.338 e. The topological polar surface area (TPSA) is 43.4 Å². The molecule has 0 aliphatic heterocycles. The quantitative estimate of drug-likeness (QED) is 0.476. The van der Waals surface area contributed by atoms with E-state index in [-0.39, 0.29) is 11.8 Å². The van der Waals surface area contributed by atoms with Crippen molar-refractivity contribution in [1.82, 2.24) is 0 Å². The first-order chi connectivity index (χ1) is 10.2. The van der Waals surface area contributed by atoms with Gasteiger partial charge in [-0.2, -0.15) is 0 Å². The Morgan fingerprint density at radius 2 is 1.57 bits per heavy atom. The number of allylic oxidation sites excluding steroid dienone is 1. The molecular formula is C18H16O3. The Morgan fingerprint density at radius 3 is 2.19 bits per heavy atom. The van der Waals surface area contributed by atoms with Crippen molar-refractivity contribution in [2.45, 2.75) is 6.92 Å². The molecule has 0 aliphatic carbocycles. The second-order valence-electron chi connectivity index (χ2n) is 4.41. The molecule has 3 heteroatoms. The molecule has 0 aromatic heterocycles. The van der Waals surface area contributed by atoms with E-state index in [1.54, 1.807) is 37.3 Å². The standard InChI is InChI=1S/C18H16O3/c1-2-21-18(20)16-11-9-15(10-12-16)17(19)13-8-14-6-4-3-5-7-14/h3-13H,2H2,1H3/b13-8+. The van der Waals surface area contributed by atoms with E-state index < -0.39 is 0 Å². The highest BCUT2D eigenvalue weighted by molar-refractivity contribution is 6.07. The van der Waals surface area contributed by atoms with Crippen molar-refractivity contribution in [3.8, 4) is 0 Å². The fourth-order valence-electron chi connectivity index (χ4n) is 1.82. The van der Waals surface area contributed by atoms with Gasteiger partial charge in [-0.25, -0.2) is 4.79 Å². The van der Waals surface area contributed by atoms with Crippen molar-refractivity contribution in [3.05, 3.63) is 77.4 Å². The van der Waals surface area contributed by atoms with Crippen LogP contribution in [0.1, 0.15) is 33.2 Å². The van der Waals surface area contributed by atoms with Crippen LogP contribution in [0.15, 0.2) is 60.7 Å². The number of ketones is 1. The molecule has 106 valence electrons. The minimum Gasteiger partial charge on any atom is -0.462 e. The summed E-state index contributed by atoms with van der Waals surface area (Å²) in [4.78, 5) is 23.5. The maximum atomic E-state index is 12.0. The fraction of sp³-hybridized carbons (Fsp3) is 0.111. The molecule has 0 saturated carbocycles. The molecule has 0 N–H and O–H groups in total. The Hall–Kier alpha value is -2.68. The SMILES string of the molecule is CCOC(=O)c1ccc(C(=O)/C=C/c2ccccc2)cc1. The Balaban J connectivity index is 2.06. The van der Waals surface area contributed by atoms with Gasteiger partial charge in [0.15, 0.2) is 5.78 Å². The molecule has 21 heavy (non-hydrogen) atoms. The fourth-order valence-corrected chi connectivity index (χ4v) is 1.82. The largest absolute Gasteiger partial charge is 0.462 e. The minimum absolute atomic E-state index is 0.103. The Morgan fingerprint density at radius 1 is 0.952 bits per heavy atom. The van der Waals surface area contributed by atoms with Crippen molar-refractivity contribution in [1.29, 1.82) is 0 Å². The van der Waals surface area contributed by atoms with Crippen LogP contribution in [0, 0.1) is 0 Å². The third-order valence-corrected chi connectivity index (χ3v) is 2.91. The zero-order valence-electron chi connectivity index (χ0n) is 11.8. The van der Waals surface area contributed by atoms with E-state index in [1.165, 1.54) is 6.08 Å². The molecule has 0 amide bonds. The van der Waals surface area contributed by atoms with Gasteiger partial charge in [0.2, 0.25) is 0 Å². The van der Waals surface area contributed by atoms with Crippen molar-refractivity contribution in [2.24, 2.45) is 0 Å². The third kappa shape index (κ3) is 4.14. The molecular weight excluding hydrogens is 264 g/mol. The number of ether oxygens (including phenoxy) is 1. The van der Waals surface area contributed by atoms with Crippen molar-refractivity contribution in [2.75, 3.05) is 6.61 Å². The lowest BCUT2D eigenvalue weighted by Crippen LogP contribution is -2.05. The average molecular weight is 280 g/mol. The van der Waals surface area contributed by atoms with Gasteiger partial charge in [0, 0.05) is 5.56 Å². The van der Waals surface area contributed by atoms with Crippen LogP contribution >= 0.6 is 0 Å². The van der Waals surface area contributed by atoms with Crippen LogP contribution in [0.3, 0.4) is 0 Å². The molecule has 0 atom stereocenters. The molecule has 2 rings (SSSR count). The predicted octanol–water partition coefficient (Wildman–Crippen LogP) is 3.76. The summed E-state index contributed by atoms with van der Waals surface area (Å²) in [7, 11) is 0. The second-order valence-corrected chi connectivity index (χ2v) is 4.41. The van der Waals surface area contributed by atoms with Crippen LogP contribution in [-0.4, -0.2) is 18.4 Å². The Labute approximate surface area is 123 Å². The monoisotopic (exact) mass is 280 g/mol. The lowest BCUT2D eigenvalue weighted by molar-refractivity contribution is 0.0526. The summed E-state index contributed by atoms with van der Waals surface area (Å²) in [6.45, 7) is 2.09. The summed E-state index contributed by atoms with van der Waals surface area (Å²) in [6, 6.07) is 16.1. The van der Waals surface area contributed by atoms with Crippen LogP contribution in [0.5, 0.6) is 0 Å². The van der Waals surface area contributed by atoms with Crippen LogP contribution < -0.4 is 0 Å². The number of rotatable bonds is 5. The molecule has 0 aliphatic rings. The zero-order valence-corrected chi connectivity index (χ0v) is 11.8. The van der Waals surface area contributed by atoms with Gasteiger partial charge >= 0.3 is 5.97 Å². The predicted molar refractivity (Wildman–Crippen MR) is 82.2 cm³/mol. The molecule has 0 fully saturated rings. The number of carbonyl (C=O) groups is 2. The lowest BCUT2D eigenvalue weighted by Gasteiger charge is -2.02. The van der Waals surface area contributed by atoms with Gasteiger partial charge < -0.3 is 4.74 Å². The summed E-state index contributed by atoms with van der Waals surface area (Å²) < 4.78 is 4.90. The van der Waals surface area contributed by atoms with Gasteiger partial charge in [0.25, 0.3) is 0 Å². The van der Waals surface area contributed by atoms with Gasteiger partial charge in [-0.3, -0.25) is 4.79 Å². The summed E-state index contributed by atoms with van der Waals surface area (Å²) in [6.07, 6.45) is 3.29. The number of esters is 1. The van der Waals surface area contributed by atoms with Crippen molar-refractivity contribution in [3.63, 3.8) is 0 Å². The highest BCUT2D eigenvalue weighted by Gasteiger charge is 2.07. The van der Waals surface area contributed by atoms with E-state index >= 15 is 0 Å². The van der Waals surface area contributed by atoms with Crippen LogP contribution in [-0.2, 0) is 4.74 Å². The van der Waals surface area contributed by atoms with Crippen LogP contribution in [0.4, 0.5) is 0 Å². The van der Waals surface area contributed by atoms with E-state index in [0.717, 1.165) is 5.56 Å². The molecule has 0 bridgehead atoms. The second kappa shape index (κ2) is 7.20. The van der Waals surface area contributed by atoms with Crippen molar-refractivity contribution >= 4 is 17.8 Å². The smallest absolute Gasteiger partial charge is 0.338 e. The zero-order chi connectivity index (χ0) is 15.1. The highest BCUT2D eigenvalue weighted by atomic mass is 16.5.